The van der Waals surface area contributed by atoms with E-state index < -0.39 is 6.03 Å². The fraction of sp³-hybridized carbons (Fsp3) is 0.778. The van der Waals surface area contributed by atoms with Crippen LogP contribution in [0.4, 0.5) is 4.79 Å². The predicted molar refractivity (Wildman–Crippen MR) is 52.6 cm³/mol. The quantitative estimate of drug-likeness (QED) is 0.659. The molecule has 0 spiro atoms. The van der Waals surface area contributed by atoms with Gasteiger partial charge in [-0.2, -0.15) is 0 Å². The summed E-state index contributed by atoms with van der Waals surface area (Å²) in [7, 11) is 0. The predicted octanol–water partition coefficient (Wildman–Crippen LogP) is 0.0557. The molecule has 1 fully saturated rings. The lowest BCUT2D eigenvalue weighted by molar-refractivity contribution is -0.131. The zero-order valence-corrected chi connectivity index (χ0v) is 8.45. The van der Waals surface area contributed by atoms with E-state index in [2.05, 4.69) is 5.32 Å². The number of likely N-dealkylation sites (tertiary alicyclic amines) is 1. The highest BCUT2D eigenvalue weighted by Crippen LogP contribution is 2.10. The van der Waals surface area contributed by atoms with E-state index in [0.29, 0.717) is 6.42 Å². The number of hydrogen-bond acceptors (Lipinski definition) is 2. The zero-order valence-electron chi connectivity index (χ0n) is 8.45. The van der Waals surface area contributed by atoms with Gasteiger partial charge in [-0.25, -0.2) is 4.79 Å². The summed E-state index contributed by atoms with van der Waals surface area (Å²) in [5.74, 6) is 0.183. The fourth-order valence-corrected chi connectivity index (χ4v) is 1.70. The Morgan fingerprint density at radius 3 is 2.43 bits per heavy atom. The van der Waals surface area contributed by atoms with Crippen LogP contribution in [0, 0.1) is 0 Å². The molecule has 0 aliphatic carbocycles. The van der Waals surface area contributed by atoms with Crippen LogP contribution in [0.3, 0.4) is 0 Å². The molecule has 0 aromatic heterocycles. The molecule has 1 aliphatic heterocycles. The number of carbonyl (C=O) groups is 2. The van der Waals surface area contributed by atoms with E-state index in [1.54, 1.807) is 0 Å². The molecule has 1 aliphatic rings. The van der Waals surface area contributed by atoms with Crippen LogP contribution in [0.25, 0.3) is 0 Å². The van der Waals surface area contributed by atoms with E-state index in [1.807, 2.05) is 11.8 Å². The maximum Gasteiger partial charge on any atom is 0.312 e. The van der Waals surface area contributed by atoms with Gasteiger partial charge in [-0.05, 0) is 12.8 Å². The second-order valence-corrected chi connectivity index (χ2v) is 3.52. The minimum absolute atomic E-state index is 0.133. The van der Waals surface area contributed by atoms with Crippen LogP contribution in [-0.2, 0) is 4.79 Å². The van der Waals surface area contributed by atoms with Crippen molar-refractivity contribution >= 4 is 11.9 Å². The Morgan fingerprint density at radius 2 is 2.00 bits per heavy atom. The number of rotatable bonds is 2. The maximum absolute atomic E-state index is 11.3. The van der Waals surface area contributed by atoms with E-state index in [-0.39, 0.29) is 11.9 Å². The van der Waals surface area contributed by atoms with Gasteiger partial charge in [0.15, 0.2) is 0 Å². The van der Waals surface area contributed by atoms with Crippen LogP contribution in [0.1, 0.15) is 26.2 Å². The summed E-state index contributed by atoms with van der Waals surface area (Å²) in [5, 5.41) is 2.66. The first-order valence-corrected chi connectivity index (χ1v) is 4.97. The first-order valence-electron chi connectivity index (χ1n) is 4.97. The summed E-state index contributed by atoms with van der Waals surface area (Å²) in [6, 6.07) is -0.348. The lowest BCUT2D eigenvalue weighted by atomic mass is 10.1. The van der Waals surface area contributed by atoms with Gasteiger partial charge >= 0.3 is 6.03 Å². The lowest BCUT2D eigenvalue weighted by Crippen LogP contribution is -2.47. The van der Waals surface area contributed by atoms with E-state index in [4.69, 9.17) is 5.73 Å². The molecule has 0 atom stereocenters. The zero-order chi connectivity index (χ0) is 10.6. The van der Waals surface area contributed by atoms with Crippen molar-refractivity contribution in [1.29, 1.82) is 0 Å². The minimum Gasteiger partial charge on any atom is -0.352 e. The molecule has 5 nitrogen and oxygen atoms in total. The van der Waals surface area contributed by atoms with Gasteiger partial charge < -0.3 is 16.0 Å². The number of piperidine rings is 1. The van der Waals surface area contributed by atoms with Crippen LogP contribution in [0.2, 0.25) is 0 Å². The van der Waals surface area contributed by atoms with Crippen molar-refractivity contribution in [2.24, 2.45) is 5.73 Å². The van der Waals surface area contributed by atoms with Crippen molar-refractivity contribution in [2.75, 3.05) is 13.1 Å². The number of nitrogens with two attached hydrogens (primary N) is 1. The summed E-state index contributed by atoms with van der Waals surface area (Å²) in [6.07, 6.45) is 2.15. The standard InChI is InChI=1S/C9H17N3O2/c1-2-8(13)12-5-3-7(4-6-12)11-9(10)14/h7H,2-6H2,1H3,(H3,10,11,14). The van der Waals surface area contributed by atoms with Crippen molar-refractivity contribution < 1.29 is 9.59 Å². The van der Waals surface area contributed by atoms with E-state index in [9.17, 15) is 9.59 Å². The summed E-state index contributed by atoms with van der Waals surface area (Å²) >= 11 is 0. The Balaban J connectivity index is 2.31. The molecular weight excluding hydrogens is 182 g/mol. The first kappa shape index (κ1) is 10.8. The Morgan fingerprint density at radius 1 is 1.43 bits per heavy atom. The van der Waals surface area contributed by atoms with E-state index in [1.165, 1.54) is 0 Å². The molecule has 1 rings (SSSR count). The normalized spacial score (nSPS) is 17.9. The van der Waals surface area contributed by atoms with Gasteiger partial charge in [0, 0.05) is 25.6 Å². The third-order valence-corrected chi connectivity index (χ3v) is 2.50. The first-order chi connectivity index (χ1) is 6.63. The molecule has 80 valence electrons. The van der Waals surface area contributed by atoms with Gasteiger partial charge in [-0.3, -0.25) is 4.79 Å². The van der Waals surface area contributed by atoms with Crippen LogP contribution in [-0.4, -0.2) is 36.0 Å². The summed E-state index contributed by atoms with van der Waals surface area (Å²) < 4.78 is 0. The van der Waals surface area contributed by atoms with Gasteiger partial charge in [0.1, 0.15) is 0 Å². The highest BCUT2D eigenvalue weighted by Gasteiger charge is 2.21. The SMILES string of the molecule is CCC(=O)N1CCC(NC(N)=O)CC1. The second kappa shape index (κ2) is 4.83. The van der Waals surface area contributed by atoms with E-state index in [0.717, 1.165) is 25.9 Å². The molecule has 1 saturated heterocycles. The average molecular weight is 199 g/mol. The summed E-state index contributed by atoms with van der Waals surface area (Å²) in [4.78, 5) is 23.7. The molecule has 0 bridgehead atoms. The number of urea groups is 1. The van der Waals surface area contributed by atoms with Crippen LogP contribution < -0.4 is 11.1 Å². The molecule has 1 heterocycles. The van der Waals surface area contributed by atoms with Crippen molar-refractivity contribution in [2.45, 2.75) is 32.2 Å². The van der Waals surface area contributed by atoms with Gasteiger partial charge in [0.2, 0.25) is 5.91 Å². The van der Waals surface area contributed by atoms with Crippen molar-refractivity contribution in [1.82, 2.24) is 10.2 Å². The second-order valence-electron chi connectivity index (χ2n) is 3.52. The summed E-state index contributed by atoms with van der Waals surface area (Å²) in [6.45, 7) is 3.30. The topological polar surface area (TPSA) is 75.4 Å². The smallest absolute Gasteiger partial charge is 0.312 e. The third kappa shape index (κ3) is 2.90. The Kier molecular flexibility index (Phi) is 3.73. The Hall–Kier alpha value is -1.26. The van der Waals surface area contributed by atoms with Crippen LogP contribution >= 0.6 is 0 Å². The maximum atomic E-state index is 11.3. The highest BCUT2D eigenvalue weighted by molar-refractivity contribution is 5.76. The molecule has 0 aromatic rings. The minimum atomic E-state index is -0.481. The molecule has 5 heteroatoms. The fourth-order valence-electron chi connectivity index (χ4n) is 1.70. The number of carbonyl (C=O) groups excluding carboxylic acids is 2. The number of nitrogens with zero attached hydrogens (tertiary/aromatic N) is 1. The highest BCUT2D eigenvalue weighted by atomic mass is 16.2. The molecule has 3 N–H and O–H groups in total. The van der Waals surface area contributed by atoms with Gasteiger partial charge in [0.25, 0.3) is 0 Å². The molecule has 0 unspecified atom stereocenters. The molecular formula is C9H17N3O2. The molecule has 14 heavy (non-hydrogen) atoms. The number of amides is 3. The Bertz CT molecular complexity index is 222. The van der Waals surface area contributed by atoms with Crippen LogP contribution in [0.5, 0.6) is 0 Å². The summed E-state index contributed by atoms with van der Waals surface area (Å²) in [5.41, 5.74) is 5.01. The monoisotopic (exact) mass is 199 g/mol. The van der Waals surface area contributed by atoms with Gasteiger partial charge in [-0.1, -0.05) is 6.92 Å². The molecule has 0 radical (unpaired) electrons. The number of nitrogens with one attached hydrogen (secondary N) is 1. The van der Waals surface area contributed by atoms with Crippen molar-refractivity contribution in [3.63, 3.8) is 0 Å². The number of hydrogen-bond donors (Lipinski definition) is 2. The largest absolute Gasteiger partial charge is 0.352 e. The van der Waals surface area contributed by atoms with Gasteiger partial charge in [-0.15, -0.1) is 0 Å². The van der Waals surface area contributed by atoms with E-state index >= 15 is 0 Å². The molecule has 3 amide bonds. The molecule has 0 aromatic carbocycles. The lowest BCUT2D eigenvalue weighted by Gasteiger charge is -2.31. The van der Waals surface area contributed by atoms with Crippen molar-refractivity contribution in [3.8, 4) is 0 Å². The average Bonchev–Trinajstić information content (AvgIpc) is 2.17. The Labute approximate surface area is 83.6 Å². The van der Waals surface area contributed by atoms with Gasteiger partial charge in [0.05, 0.1) is 0 Å². The molecule has 0 saturated carbocycles. The van der Waals surface area contributed by atoms with Crippen LogP contribution in [0.15, 0.2) is 0 Å². The van der Waals surface area contributed by atoms with Crippen molar-refractivity contribution in [3.05, 3.63) is 0 Å². The number of primary amides is 1. The third-order valence-electron chi connectivity index (χ3n) is 2.50.